The van der Waals surface area contributed by atoms with Gasteiger partial charge in [0.15, 0.2) is 0 Å². The molecule has 0 radical (unpaired) electrons. The van der Waals surface area contributed by atoms with Crippen molar-refractivity contribution in [2.45, 2.75) is 32.0 Å². The molecule has 1 saturated heterocycles. The Kier molecular flexibility index (Phi) is 5.87. The molecule has 0 unspecified atom stereocenters. The summed E-state index contributed by atoms with van der Waals surface area (Å²) in [5.74, 6) is -0.436. The standard InChI is InChI=1S/C16H20F3NO3/c1-11(20-15(21)12-6-8-22-9-7-12)10-23-14-5-3-2-4-13(14)16(17,18)19/h2-5,11-12H,6-10H2,1H3,(H,20,21)/t11-/m0/s1. The van der Waals surface area contributed by atoms with Gasteiger partial charge in [-0.2, -0.15) is 13.2 Å². The van der Waals surface area contributed by atoms with Crippen LogP contribution in [0.25, 0.3) is 0 Å². The lowest BCUT2D eigenvalue weighted by Gasteiger charge is -2.24. The van der Waals surface area contributed by atoms with Crippen LogP contribution in [0.2, 0.25) is 0 Å². The van der Waals surface area contributed by atoms with Crippen LogP contribution in [0.4, 0.5) is 13.2 Å². The van der Waals surface area contributed by atoms with Crippen LogP contribution in [0.1, 0.15) is 25.3 Å². The van der Waals surface area contributed by atoms with E-state index in [0.717, 1.165) is 6.07 Å². The second-order valence-electron chi connectivity index (χ2n) is 5.60. The van der Waals surface area contributed by atoms with Crippen molar-refractivity contribution in [1.29, 1.82) is 0 Å². The van der Waals surface area contributed by atoms with Crippen molar-refractivity contribution in [2.24, 2.45) is 5.92 Å². The van der Waals surface area contributed by atoms with E-state index in [9.17, 15) is 18.0 Å². The first-order chi connectivity index (χ1) is 10.9. The summed E-state index contributed by atoms with van der Waals surface area (Å²) in [5, 5.41) is 2.78. The summed E-state index contributed by atoms with van der Waals surface area (Å²) in [6, 6.07) is 4.66. The van der Waals surface area contributed by atoms with Crippen molar-refractivity contribution in [2.75, 3.05) is 19.8 Å². The largest absolute Gasteiger partial charge is 0.491 e. The number of hydrogen-bond donors (Lipinski definition) is 1. The van der Waals surface area contributed by atoms with Gasteiger partial charge in [0.2, 0.25) is 5.91 Å². The lowest BCUT2D eigenvalue weighted by molar-refractivity contribution is -0.139. The van der Waals surface area contributed by atoms with E-state index in [4.69, 9.17) is 9.47 Å². The fourth-order valence-corrected chi connectivity index (χ4v) is 2.40. The Hall–Kier alpha value is -1.76. The quantitative estimate of drug-likeness (QED) is 0.902. The van der Waals surface area contributed by atoms with Gasteiger partial charge in [0.1, 0.15) is 12.4 Å². The van der Waals surface area contributed by atoms with Gasteiger partial charge in [0.25, 0.3) is 0 Å². The molecular weight excluding hydrogens is 311 g/mol. The summed E-state index contributed by atoms with van der Waals surface area (Å²) in [4.78, 5) is 12.0. The number of carbonyl (C=O) groups excluding carboxylic acids is 1. The van der Waals surface area contributed by atoms with Gasteiger partial charge >= 0.3 is 6.18 Å². The highest BCUT2D eigenvalue weighted by atomic mass is 19.4. The lowest BCUT2D eigenvalue weighted by Crippen LogP contribution is -2.42. The first-order valence-electron chi connectivity index (χ1n) is 7.55. The monoisotopic (exact) mass is 331 g/mol. The van der Waals surface area contributed by atoms with E-state index in [0.29, 0.717) is 26.1 Å². The summed E-state index contributed by atoms with van der Waals surface area (Å²) in [6.45, 7) is 2.79. The molecule has 1 aromatic rings. The minimum atomic E-state index is -4.47. The number of benzene rings is 1. The van der Waals surface area contributed by atoms with E-state index in [1.165, 1.54) is 18.2 Å². The van der Waals surface area contributed by atoms with E-state index >= 15 is 0 Å². The van der Waals surface area contributed by atoms with Gasteiger partial charge in [-0.25, -0.2) is 0 Å². The zero-order valence-electron chi connectivity index (χ0n) is 12.9. The Labute approximate surface area is 133 Å². The lowest BCUT2D eigenvalue weighted by atomic mass is 9.99. The van der Waals surface area contributed by atoms with Crippen LogP contribution >= 0.6 is 0 Å². The van der Waals surface area contributed by atoms with Gasteiger partial charge in [-0.1, -0.05) is 12.1 Å². The molecule has 1 amide bonds. The Morgan fingerprint density at radius 2 is 2.00 bits per heavy atom. The van der Waals surface area contributed by atoms with E-state index in [-0.39, 0.29) is 30.2 Å². The van der Waals surface area contributed by atoms with Gasteiger partial charge < -0.3 is 14.8 Å². The van der Waals surface area contributed by atoms with Crippen LogP contribution in [-0.2, 0) is 15.7 Å². The molecular formula is C16H20F3NO3. The molecule has 1 aromatic carbocycles. The topological polar surface area (TPSA) is 47.6 Å². The number of ether oxygens (including phenoxy) is 2. The van der Waals surface area contributed by atoms with Gasteiger partial charge in [-0.3, -0.25) is 4.79 Å². The number of alkyl halides is 3. The van der Waals surface area contributed by atoms with Crippen molar-refractivity contribution < 1.29 is 27.4 Å². The second-order valence-corrected chi connectivity index (χ2v) is 5.60. The number of hydrogen-bond acceptors (Lipinski definition) is 3. The van der Waals surface area contributed by atoms with Crippen LogP contribution in [-0.4, -0.2) is 31.8 Å². The highest BCUT2D eigenvalue weighted by molar-refractivity contribution is 5.79. The number of nitrogens with one attached hydrogen (secondary N) is 1. The molecule has 1 aliphatic heterocycles. The number of halogens is 3. The van der Waals surface area contributed by atoms with Gasteiger partial charge in [-0.05, 0) is 31.9 Å². The smallest absolute Gasteiger partial charge is 0.419 e. The van der Waals surface area contributed by atoms with Gasteiger partial charge in [-0.15, -0.1) is 0 Å². The Morgan fingerprint density at radius 1 is 1.35 bits per heavy atom. The predicted molar refractivity (Wildman–Crippen MR) is 78.1 cm³/mol. The summed E-state index contributed by atoms with van der Waals surface area (Å²) in [6.07, 6.45) is -3.14. The maximum Gasteiger partial charge on any atom is 0.419 e. The van der Waals surface area contributed by atoms with Gasteiger partial charge in [0.05, 0.1) is 11.6 Å². The van der Waals surface area contributed by atoms with Crippen molar-refractivity contribution in [3.05, 3.63) is 29.8 Å². The zero-order chi connectivity index (χ0) is 16.9. The number of amides is 1. The number of rotatable bonds is 5. The molecule has 7 heteroatoms. The zero-order valence-corrected chi connectivity index (χ0v) is 12.9. The van der Waals surface area contributed by atoms with Crippen molar-refractivity contribution in [3.8, 4) is 5.75 Å². The highest BCUT2D eigenvalue weighted by Gasteiger charge is 2.34. The van der Waals surface area contributed by atoms with Crippen molar-refractivity contribution in [1.82, 2.24) is 5.32 Å². The third-order valence-electron chi connectivity index (χ3n) is 3.66. The Morgan fingerprint density at radius 3 is 2.65 bits per heavy atom. The molecule has 1 fully saturated rings. The second kappa shape index (κ2) is 7.68. The summed E-state index contributed by atoms with van der Waals surface area (Å²) in [5.41, 5.74) is -0.817. The summed E-state index contributed by atoms with van der Waals surface area (Å²) >= 11 is 0. The van der Waals surface area contributed by atoms with Crippen molar-refractivity contribution in [3.63, 3.8) is 0 Å². The molecule has 1 aliphatic rings. The molecule has 1 heterocycles. The fourth-order valence-electron chi connectivity index (χ4n) is 2.40. The minimum absolute atomic E-state index is 0.0257. The fraction of sp³-hybridized carbons (Fsp3) is 0.562. The van der Waals surface area contributed by atoms with E-state index in [2.05, 4.69) is 5.32 Å². The highest BCUT2D eigenvalue weighted by Crippen LogP contribution is 2.35. The minimum Gasteiger partial charge on any atom is -0.491 e. The van der Waals surface area contributed by atoms with E-state index in [1.807, 2.05) is 0 Å². The summed E-state index contributed by atoms with van der Waals surface area (Å²) < 4.78 is 49.0. The van der Waals surface area contributed by atoms with E-state index < -0.39 is 11.7 Å². The first kappa shape index (κ1) is 17.6. The van der Waals surface area contributed by atoms with Gasteiger partial charge in [0, 0.05) is 19.1 Å². The molecule has 0 bridgehead atoms. The van der Waals surface area contributed by atoms with E-state index in [1.54, 1.807) is 6.92 Å². The van der Waals surface area contributed by atoms with Crippen molar-refractivity contribution >= 4 is 5.91 Å². The molecule has 2 rings (SSSR count). The molecule has 4 nitrogen and oxygen atoms in total. The number of para-hydroxylation sites is 1. The third kappa shape index (κ3) is 5.13. The van der Waals surface area contributed by atoms with Crippen LogP contribution in [0.3, 0.4) is 0 Å². The summed E-state index contributed by atoms with van der Waals surface area (Å²) in [7, 11) is 0. The predicted octanol–water partition coefficient (Wildman–Crippen LogP) is 3.02. The Bertz CT molecular complexity index is 528. The van der Waals surface area contributed by atoms with Crippen LogP contribution in [0.15, 0.2) is 24.3 Å². The molecule has 128 valence electrons. The molecule has 23 heavy (non-hydrogen) atoms. The SMILES string of the molecule is C[C@@H](COc1ccccc1C(F)(F)F)NC(=O)C1CCOCC1. The van der Waals surface area contributed by atoms with Crippen LogP contribution < -0.4 is 10.1 Å². The maximum atomic E-state index is 12.9. The molecule has 1 N–H and O–H groups in total. The first-order valence-corrected chi connectivity index (χ1v) is 7.55. The molecule has 0 aromatic heterocycles. The third-order valence-corrected chi connectivity index (χ3v) is 3.66. The molecule has 0 aliphatic carbocycles. The Balaban J connectivity index is 1.87. The molecule has 0 saturated carbocycles. The maximum absolute atomic E-state index is 12.9. The average molecular weight is 331 g/mol. The average Bonchev–Trinajstić information content (AvgIpc) is 2.53. The van der Waals surface area contributed by atoms with Crippen LogP contribution in [0, 0.1) is 5.92 Å². The van der Waals surface area contributed by atoms with Crippen LogP contribution in [0.5, 0.6) is 5.75 Å². The normalized spacial score (nSPS) is 17.6. The number of carbonyl (C=O) groups is 1. The molecule has 1 atom stereocenters. The molecule has 0 spiro atoms.